The summed E-state index contributed by atoms with van der Waals surface area (Å²) < 4.78 is 5.17. The van der Waals surface area contributed by atoms with E-state index >= 15 is 0 Å². The molecule has 0 saturated heterocycles. The molecule has 0 aliphatic rings. The summed E-state index contributed by atoms with van der Waals surface area (Å²) in [5, 5.41) is 5.64. The van der Waals surface area contributed by atoms with E-state index in [-0.39, 0.29) is 12.5 Å². The number of hydrogen-bond donors (Lipinski definition) is 2. The van der Waals surface area contributed by atoms with E-state index < -0.39 is 6.09 Å². The minimum absolute atomic E-state index is 0.114. The molecule has 6 heteroatoms. The molecule has 1 aromatic rings. The highest BCUT2D eigenvalue weighted by molar-refractivity contribution is 5.73. The maximum absolute atomic E-state index is 11.7. The lowest BCUT2D eigenvalue weighted by atomic mass is 10.2. The molecule has 1 rings (SSSR count). The molecule has 0 spiro atoms. The average Bonchev–Trinajstić information content (AvgIpc) is 2.44. The minimum atomic E-state index is -0.409. The molecule has 110 valence electrons. The molecule has 0 fully saturated rings. The van der Waals surface area contributed by atoms with E-state index in [1.807, 2.05) is 31.3 Å². The zero-order valence-electron chi connectivity index (χ0n) is 12.1. The summed E-state index contributed by atoms with van der Waals surface area (Å²) in [5.74, 6) is -0.114. The Hall–Kier alpha value is -2.24. The van der Waals surface area contributed by atoms with Gasteiger partial charge in [0.2, 0.25) is 5.91 Å². The quantitative estimate of drug-likeness (QED) is 0.826. The summed E-state index contributed by atoms with van der Waals surface area (Å²) in [6, 6.07) is 7.64. The van der Waals surface area contributed by atoms with Gasteiger partial charge in [-0.15, -0.1) is 0 Å². The van der Waals surface area contributed by atoms with E-state index in [0.29, 0.717) is 13.1 Å². The Morgan fingerprint density at radius 2 is 1.90 bits per heavy atom. The number of carbonyl (C=O) groups is 2. The van der Waals surface area contributed by atoms with Crippen molar-refractivity contribution in [3.05, 3.63) is 29.8 Å². The van der Waals surface area contributed by atoms with Crippen LogP contribution < -0.4 is 10.6 Å². The summed E-state index contributed by atoms with van der Waals surface area (Å²) in [6.07, 6.45) is -0.409. The Labute approximate surface area is 119 Å². The SMILES string of the molecule is CNc1ccc(COC(=O)N(C)CCNC(C)=O)cc1. The summed E-state index contributed by atoms with van der Waals surface area (Å²) in [5.41, 5.74) is 1.93. The fraction of sp³-hybridized carbons (Fsp3) is 0.429. The second kappa shape index (κ2) is 8.04. The topological polar surface area (TPSA) is 70.7 Å². The van der Waals surface area contributed by atoms with Crippen LogP contribution >= 0.6 is 0 Å². The van der Waals surface area contributed by atoms with Gasteiger partial charge in [0.05, 0.1) is 0 Å². The van der Waals surface area contributed by atoms with Gasteiger partial charge in [-0.05, 0) is 17.7 Å². The molecule has 2 amide bonds. The normalized spacial score (nSPS) is 9.75. The highest BCUT2D eigenvalue weighted by atomic mass is 16.6. The first-order valence-corrected chi connectivity index (χ1v) is 6.42. The third-order valence-electron chi connectivity index (χ3n) is 2.74. The molecule has 0 aliphatic carbocycles. The predicted octanol–water partition coefficient (Wildman–Crippen LogP) is 1.43. The van der Waals surface area contributed by atoms with Crippen LogP contribution in [0, 0.1) is 0 Å². The van der Waals surface area contributed by atoms with E-state index in [2.05, 4.69) is 10.6 Å². The van der Waals surface area contributed by atoms with Gasteiger partial charge in [0.1, 0.15) is 6.61 Å². The highest BCUT2D eigenvalue weighted by Gasteiger charge is 2.09. The van der Waals surface area contributed by atoms with E-state index in [4.69, 9.17) is 4.74 Å². The molecule has 0 heterocycles. The maximum atomic E-state index is 11.7. The van der Waals surface area contributed by atoms with E-state index in [9.17, 15) is 9.59 Å². The molecule has 20 heavy (non-hydrogen) atoms. The number of nitrogens with zero attached hydrogens (tertiary/aromatic N) is 1. The first-order chi connectivity index (χ1) is 9.52. The second-order valence-corrected chi connectivity index (χ2v) is 4.41. The van der Waals surface area contributed by atoms with Gasteiger partial charge in [0, 0.05) is 39.8 Å². The Kier molecular flexibility index (Phi) is 6.36. The van der Waals surface area contributed by atoms with Gasteiger partial charge >= 0.3 is 6.09 Å². The van der Waals surface area contributed by atoms with Crippen molar-refractivity contribution >= 4 is 17.7 Å². The Balaban J connectivity index is 2.32. The van der Waals surface area contributed by atoms with Gasteiger partial charge in [-0.1, -0.05) is 12.1 Å². The standard InChI is InChI=1S/C14H21N3O3/c1-11(18)16-8-9-17(3)14(19)20-10-12-4-6-13(15-2)7-5-12/h4-7,15H,8-10H2,1-3H3,(H,16,18). The minimum Gasteiger partial charge on any atom is -0.445 e. The third-order valence-corrected chi connectivity index (χ3v) is 2.74. The van der Waals surface area contributed by atoms with Crippen LogP contribution in [0.1, 0.15) is 12.5 Å². The van der Waals surface area contributed by atoms with Crippen LogP contribution in [-0.2, 0) is 16.1 Å². The van der Waals surface area contributed by atoms with Crippen LogP contribution in [0.2, 0.25) is 0 Å². The highest BCUT2D eigenvalue weighted by Crippen LogP contribution is 2.09. The summed E-state index contributed by atoms with van der Waals surface area (Å²) in [6.45, 7) is 2.50. The molecule has 0 saturated carbocycles. The monoisotopic (exact) mass is 279 g/mol. The van der Waals surface area contributed by atoms with Crippen molar-refractivity contribution in [3.8, 4) is 0 Å². The number of amides is 2. The van der Waals surface area contributed by atoms with Gasteiger partial charge in [0.25, 0.3) is 0 Å². The van der Waals surface area contributed by atoms with Crippen LogP contribution in [0.3, 0.4) is 0 Å². The van der Waals surface area contributed by atoms with Crippen LogP contribution in [0.25, 0.3) is 0 Å². The van der Waals surface area contributed by atoms with Gasteiger partial charge in [-0.25, -0.2) is 4.79 Å². The summed E-state index contributed by atoms with van der Waals surface area (Å²) in [7, 11) is 3.48. The van der Waals surface area contributed by atoms with Crippen molar-refractivity contribution in [1.29, 1.82) is 0 Å². The summed E-state index contributed by atoms with van der Waals surface area (Å²) in [4.78, 5) is 23.8. The molecular weight excluding hydrogens is 258 g/mol. The van der Waals surface area contributed by atoms with Crippen LogP contribution in [0.4, 0.5) is 10.5 Å². The number of anilines is 1. The Morgan fingerprint density at radius 1 is 1.25 bits per heavy atom. The molecule has 0 bridgehead atoms. The van der Waals surface area contributed by atoms with E-state index in [0.717, 1.165) is 11.3 Å². The first-order valence-electron chi connectivity index (χ1n) is 6.42. The number of hydrogen-bond acceptors (Lipinski definition) is 4. The Morgan fingerprint density at radius 3 is 2.45 bits per heavy atom. The molecule has 0 aromatic heterocycles. The van der Waals surface area contributed by atoms with Crippen molar-refractivity contribution < 1.29 is 14.3 Å². The van der Waals surface area contributed by atoms with Crippen LogP contribution in [-0.4, -0.2) is 44.1 Å². The zero-order valence-corrected chi connectivity index (χ0v) is 12.1. The fourth-order valence-electron chi connectivity index (χ4n) is 1.51. The van der Waals surface area contributed by atoms with Crippen molar-refractivity contribution in [1.82, 2.24) is 10.2 Å². The predicted molar refractivity (Wildman–Crippen MR) is 77.5 cm³/mol. The van der Waals surface area contributed by atoms with Crippen molar-refractivity contribution in [2.75, 3.05) is 32.5 Å². The summed E-state index contributed by atoms with van der Waals surface area (Å²) >= 11 is 0. The van der Waals surface area contributed by atoms with Crippen molar-refractivity contribution in [2.45, 2.75) is 13.5 Å². The number of ether oxygens (including phenoxy) is 1. The first kappa shape index (κ1) is 15.8. The molecule has 1 aromatic carbocycles. The zero-order chi connectivity index (χ0) is 15.0. The largest absolute Gasteiger partial charge is 0.445 e. The van der Waals surface area contributed by atoms with Gasteiger partial charge in [-0.3, -0.25) is 4.79 Å². The van der Waals surface area contributed by atoms with Crippen LogP contribution in [0.15, 0.2) is 24.3 Å². The van der Waals surface area contributed by atoms with Crippen molar-refractivity contribution in [3.63, 3.8) is 0 Å². The van der Waals surface area contributed by atoms with Gasteiger partial charge in [-0.2, -0.15) is 0 Å². The number of rotatable bonds is 6. The number of carbonyl (C=O) groups excluding carboxylic acids is 2. The molecule has 2 N–H and O–H groups in total. The molecule has 6 nitrogen and oxygen atoms in total. The molecule has 0 aliphatic heterocycles. The lowest BCUT2D eigenvalue weighted by Crippen LogP contribution is -2.35. The van der Waals surface area contributed by atoms with Crippen molar-refractivity contribution in [2.24, 2.45) is 0 Å². The third kappa shape index (κ3) is 5.60. The van der Waals surface area contributed by atoms with Gasteiger partial charge < -0.3 is 20.3 Å². The fourth-order valence-corrected chi connectivity index (χ4v) is 1.51. The maximum Gasteiger partial charge on any atom is 0.409 e. The average molecular weight is 279 g/mol. The number of likely N-dealkylation sites (N-methyl/N-ethyl adjacent to an activating group) is 1. The van der Waals surface area contributed by atoms with E-state index in [1.54, 1.807) is 7.05 Å². The Bertz CT molecular complexity index is 445. The molecular formula is C14H21N3O3. The van der Waals surface area contributed by atoms with E-state index in [1.165, 1.54) is 11.8 Å². The number of nitrogens with one attached hydrogen (secondary N) is 2. The number of benzene rings is 1. The molecule has 0 unspecified atom stereocenters. The van der Waals surface area contributed by atoms with Gasteiger partial charge in [0.15, 0.2) is 0 Å². The van der Waals surface area contributed by atoms with Crippen LogP contribution in [0.5, 0.6) is 0 Å². The lowest BCUT2D eigenvalue weighted by molar-refractivity contribution is -0.119. The lowest BCUT2D eigenvalue weighted by Gasteiger charge is -2.17. The molecule has 0 radical (unpaired) electrons. The second-order valence-electron chi connectivity index (χ2n) is 4.41. The smallest absolute Gasteiger partial charge is 0.409 e. The molecule has 0 atom stereocenters.